The van der Waals surface area contributed by atoms with Gasteiger partial charge < -0.3 is 5.32 Å². The molecule has 1 nitrogen and oxygen atoms in total. The number of hydrogen-bond donors (Lipinski definition) is 1. The van der Waals surface area contributed by atoms with Crippen LogP contribution in [0.1, 0.15) is 56.9 Å². The normalized spacial score (nSPS) is 22.8. The van der Waals surface area contributed by atoms with Crippen LogP contribution in [0, 0.1) is 18.2 Å². The van der Waals surface area contributed by atoms with Gasteiger partial charge in [0.25, 0.3) is 0 Å². The second kappa shape index (κ2) is 5.15. The highest BCUT2D eigenvalue weighted by atomic mass is 19.1. The van der Waals surface area contributed by atoms with E-state index in [0.717, 1.165) is 11.3 Å². The first-order chi connectivity index (χ1) is 9.17. The largest absolute Gasteiger partial charge is 0.382 e. The van der Waals surface area contributed by atoms with Crippen LogP contribution in [-0.4, -0.2) is 6.04 Å². The van der Waals surface area contributed by atoms with E-state index in [1.165, 1.54) is 51.4 Å². The van der Waals surface area contributed by atoms with Gasteiger partial charge in [-0.25, -0.2) is 4.39 Å². The lowest BCUT2D eigenvalue weighted by Crippen LogP contribution is -2.31. The van der Waals surface area contributed by atoms with Crippen molar-refractivity contribution in [2.24, 2.45) is 5.41 Å². The molecule has 0 aromatic heterocycles. The average molecular weight is 261 g/mol. The minimum Gasteiger partial charge on any atom is -0.382 e. The Labute approximate surface area is 115 Å². The lowest BCUT2D eigenvalue weighted by molar-refractivity contribution is 0.188. The van der Waals surface area contributed by atoms with Gasteiger partial charge in [0, 0.05) is 11.7 Å². The number of benzene rings is 1. The lowest BCUT2D eigenvalue weighted by atomic mass is 9.71. The Bertz CT molecular complexity index is 439. The first-order valence-electron chi connectivity index (χ1n) is 7.70. The van der Waals surface area contributed by atoms with E-state index in [-0.39, 0.29) is 5.82 Å². The van der Waals surface area contributed by atoms with Gasteiger partial charge in [-0.3, -0.25) is 0 Å². The van der Waals surface area contributed by atoms with Crippen LogP contribution in [-0.2, 0) is 0 Å². The summed E-state index contributed by atoms with van der Waals surface area (Å²) in [6.07, 6.45) is 11.1. The van der Waals surface area contributed by atoms with Crippen molar-refractivity contribution < 1.29 is 4.39 Å². The van der Waals surface area contributed by atoms with Crippen molar-refractivity contribution >= 4 is 5.69 Å². The maximum Gasteiger partial charge on any atom is 0.123 e. The highest BCUT2D eigenvalue weighted by Gasteiger charge is 2.37. The molecule has 1 aromatic carbocycles. The van der Waals surface area contributed by atoms with E-state index >= 15 is 0 Å². The Kier molecular flexibility index (Phi) is 3.51. The monoisotopic (exact) mass is 261 g/mol. The third-order valence-corrected chi connectivity index (χ3v) is 5.26. The molecule has 0 heterocycles. The van der Waals surface area contributed by atoms with Crippen LogP contribution in [0.5, 0.6) is 0 Å². The fourth-order valence-electron chi connectivity index (χ4n) is 4.01. The SMILES string of the molecule is Cc1cc(F)ccc1NC1CCC2(CCCC2)CC1. The predicted molar refractivity (Wildman–Crippen MR) is 77.9 cm³/mol. The molecule has 0 unspecified atom stereocenters. The molecule has 2 heteroatoms. The molecule has 2 saturated carbocycles. The van der Waals surface area contributed by atoms with Crippen LogP contribution < -0.4 is 5.32 Å². The van der Waals surface area contributed by atoms with Crippen LogP contribution in [0.2, 0.25) is 0 Å². The molecule has 0 atom stereocenters. The van der Waals surface area contributed by atoms with Crippen LogP contribution in [0.3, 0.4) is 0 Å². The highest BCUT2D eigenvalue weighted by molar-refractivity contribution is 5.51. The van der Waals surface area contributed by atoms with Gasteiger partial charge in [0.1, 0.15) is 5.82 Å². The van der Waals surface area contributed by atoms with Gasteiger partial charge in [0.15, 0.2) is 0 Å². The quantitative estimate of drug-likeness (QED) is 0.785. The first-order valence-corrected chi connectivity index (χ1v) is 7.70. The third-order valence-electron chi connectivity index (χ3n) is 5.26. The molecule has 0 bridgehead atoms. The molecule has 0 saturated heterocycles. The lowest BCUT2D eigenvalue weighted by Gasteiger charge is -2.38. The summed E-state index contributed by atoms with van der Waals surface area (Å²) in [5, 5.41) is 3.62. The molecule has 0 amide bonds. The van der Waals surface area contributed by atoms with Gasteiger partial charge in [0.05, 0.1) is 0 Å². The van der Waals surface area contributed by atoms with Gasteiger partial charge in [-0.2, -0.15) is 0 Å². The first kappa shape index (κ1) is 13.0. The maximum absolute atomic E-state index is 13.1. The van der Waals surface area contributed by atoms with Gasteiger partial charge in [-0.15, -0.1) is 0 Å². The second-order valence-corrected chi connectivity index (χ2v) is 6.58. The van der Waals surface area contributed by atoms with E-state index in [1.54, 1.807) is 12.1 Å². The van der Waals surface area contributed by atoms with Gasteiger partial charge in [0.2, 0.25) is 0 Å². The Morgan fingerprint density at radius 2 is 1.79 bits per heavy atom. The van der Waals surface area contributed by atoms with Crippen molar-refractivity contribution in [2.75, 3.05) is 5.32 Å². The summed E-state index contributed by atoms with van der Waals surface area (Å²) in [5.74, 6) is -0.142. The fraction of sp³-hybridized carbons (Fsp3) is 0.647. The summed E-state index contributed by atoms with van der Waals surface area (Å²) in [5.41, 5.74) is 2.81. The summed E-state index contributed by atoms with van der Waals surface area (Å²) < 4.78 is 13.1. The summed E-state index contributed by atoms with van der Waals surface area (Å²) in [7, 11) is 0. The number of anilines is 1. The molecule has 19 heavy (non-hydrogen) atoms. The topological polar surface area (TPSA) is 12.0 Å². The van der Waals surface area contributed by atoms with E-state index in [4.69, 9.17) is 0 Å². The van der Waals surface area contributed by atoms with E-state index in [9.17, 15) is 4.39 Å². The zero-order chi connectivity index (χ0) is 13.3. The average Bonchev–Trinajstić information content (AvgIpc) is 2.84. The fourth-order valence-corrected chi connectivity index (χ4v) is 4.01. The smallest absolute Gasteiger partial charge is 0.123 e. The number of hydrogen-bond acceptors (Lipinski definition) is 1. The zero-order valence-corrected chi connectivity index (χ0v) is 11.8. The zero-order valence-electron chi connectivity index (χ0n) is 11.8. The standard InChI is InChI=1S/C17H24FN/c1-13-12-14(18)4-5-16(13)19-15-6-10-17(11-7-15)8-2-3-9-17/h4-5,12,15,19H,2-3,6-11H2,1H3. The summed E-state index contributed by atoms with van der Waals surface area (Å²) in [4.78, 5) is 0. The minimum absolute atomic E-state index is 0.142. The number of nitrogens with one attached hydrogen (secondary N) is 1. The Morgan fingerprint density at radius 3 is 2.42 bits per heavy atom. The summed E-state index contributed by atoms with van der Waals surface area (Å²) >= 11 is 0. The van der Waals surface area contributed by atoms with E-state index < -0.39 is 0 Å². The molecule has 2 aliphatic carbocycles. The molecule has 3 rings (SSSR count). The van der Waals surface area contributed by atoms with E-state index in [0.29, 0.717) is 11.5 Å². The molecule has 1 N–H and O–H groups in total. The molecule has 0 radical (unpaired) electrons. The predicted octanol–water partition coefficient (Wildman–Crippen LogP) is 5.05. The number of halogens is 1. The van der Waals surface area contributed by atoms with E-state index in [1.807, 2.05) is 13.0 Å². The molecule has 0 aliphatic heterocycles. The molecular weight excluding hydrogens is 237 g/mol. The van der Waals surface area contributed by atoms with Crippen molar-refractivity contribution in [3.05, 3.63) is 29.6 Å². The molecule has 1 aromatic rings. The van der Waals surface area contributed by atoms with Gasteiger partial charge in [-0.05, 0) is 74.6 Å². The van der Waals surface area contributed by atoms with Crippen molar-refractivity contribution in [1.29, 1.82) is 0 Å². The summed E-state index contributed by atoms with van der Waals surface area (Å²) in [6, 6.07) is 5.63. The number of aryl methyl sites for hydroxylation is 1. The molecule has 1 spiro atoms. The highest BCUT2D eigenvalue weighted by Crippen LogP contribution is 2.49. The summed E-state index contributed by atoms with van der Waals surface area (Å²) in [6.45, 7) is 1.98. The second-order valence-electron chi connectivity index (χ2n) is 6.58. The van der Waals surface area contributed by atoms with Gasteiger partial charge in [-0.1, -0.05) is 12.8 Å². The number of rotatable bonds is 2. The molecule has 2 aliphatic rings. The van der Waals surface area contributed by atoms with Gasteiger partial charge >= 0.3 is 0 Å². The van der Waals surface area contributed by atoms with Crippen LogP contribution >= 0.6 is 0 Å². The van der Waals surface area contributed by atoms with Crippen LogP contribution in [0.15, 0.2) is 18.2 Å². The van der Waals surface area contributed by atoms with Crippen molar-refractivity contribution in [3.63, 3.8) is 0 Å². The van der Waals surface area contributed by atoms with Crippen LogP contribution in [0.25, 0.3) is 0 Å². The van der Waals surface area contributed by atoms with Crippen LogP contribution in [0.4, 0.5) is 10.1 Å². The third kappa shape index (κ3) is 2.77. The van der Waals surface area contributed by atoms with Crippen molar-refractivity contribution in [3.8, 4) is 0 Å². The molecule has 104 valence electrons. The Morgan fingerprint density at radius 1 is 1.11 bits per heavy atom. The molecule has 2 fully saturated rings. The maximum atomic E-state index is 13.1. The Hall–Kier alpha value is -1.05. The minimum atomic E-state index is -0.142. The Balaban J connectivity index is 1.60. The van der Waals surface area contributed by atoms with E-state index in [2.05, 4.69) is 5.32 Å². The molecular formula is C17H24FN. The van der Waals surface area contributed by atoms with Crippen molar-refractivity contribution in [1.82, 2.24) is 0 Å². The van der Waals surface area contributed by atoms with Crippen molar-refractivity contribution in [2.45, 2.75) is 64.3 Å².